The third-order valence-corrected chi connectivity index (χ3v) is 4.51. The molecular formula is C12H7F3N4O3S. The number of alkyl halides is 3. The Morgan fingerprint density at radius 2 is 1.87 bits per heavy atom. The van der Waals surface area contributed by atoms with Gasteiger partial charge in [-0.25, -0.2) is 27.3 Å². The highest BCUT2D eigenvalue weighted by Crippen LogP contribution is 2.31. The lowest BCUT2D eigenvalue weighted by molar-refractivity contribution is -0.275. The molecule has 7 nitrogen and oxygen atoms in total. The van der Waals surface area contributed by atoms with E-state index in [0.717, 1.165) is 18.5 Å². The first-order valence-corrected chi connectivity index (χ1v) is 7.46. The third-order valence-electron chi connectivity index (χ3n) is 2.81. The summed E-state index contributed by atoms with van der Waals surface area (Å²) in [5.41, 5.74) is 0.132. The minimum absolute atomic E-state index is 0.0364. The third kappa shape index (κ3) is 2.82. The number of fused-ring (bicyclic) bond motifs is 1. The van der Waals surface area contributed by atoms with Crippen molar-refractivity contribution in [1.29, 1.82) is 0 Å². The summed E-state index contributed by atoms with van der Waals surface area (Å²) < 4.78 is 67.1. The number of aromatic nitrogens is 4. The van der Waals surface area contributed by atoms with Gasteiger partial charge in [0.05, 0.1) is 6.20 Å². The summed E-state index contributed by atoms with van der Waals surface area (Å²) in [5, 5.41) is 0. The lowest BCUT2D eigenvalue weighted by Crippen LogP contribution is -2.20. The maximum Gasteiger partial charge on any atom is 0.573 e. The molecular weight excluding hydrogens is 337 g/mol. The van der Waals surface area contributed by atoms with Crippen molar-refractivity contribution in [2.75, 3.05) is 0 Å². The van der Waals surface area contributed by atoms with Crippen molar-refractivity contribution in [1.82, 2.24) is 18.9 Å². The first-order chi connectivity index (χ1) is 10.8. The van der Waals surface area contributed by atoms with E-state index in [1.54, 1.807) is 0 Å². The second kappa shape index (κ2) is 5.19. The molecule has 0 aliphatic rings. The zero-order valence-electron chi connectivity index (χ0n) is 11.1. The van der Waals surface area contributed by atoms with Crippen LogP contribution >= 0.6 is 0 Å². The summed E-state index contributed by atoms with van der Waals surface area (Å²) in [6.07, 6.45) is -1.71. The summed E-state index contributed by atoms with van der Waals surface area (Å²) in [6, 6.07) is 4.43. The normalized spacial score (nSPS) is 12.5. The monoisotopic (exact) mass is 344 g/mol. The summed E-state index contributed by atoms with van der Waals surface area (Å²) in [4.78, 5) is 10.6. The number of para-hydroxylation sites is 1. The van der Waals surface area contributed by atoms with Crippen molar-refractivity contribution >= 4 is 21.2 Å². The van der Waals surface area contributed by atoms with Crippen LogP contribution in [-0.2, 0) is 10.0 Å². The molecule has 0 bridgehead atoms. The van der Waals surface area contributed by atoms with E-state index in [4.69, 9.17) is 0 Å². The highest BCUT2D eigenvalue weighted by molar-refractivity contribution is 7.90. The van der Waals surface area contributed by atoms with Crippen LogP contribution in [0.1, 0.15) is 0 Å². The standard InChI is InChI=1S/C12H7F3N4O3S/c13-12(14,15)22-9-3-1-2-4-10(9)23(20,21)19-7-18-11-8(19)5-16-6-17-11/h1-7H. The maximum absolute atomic E-state index is 12.6. The minimum atomic E-state index is -5.02. The zero-order chi connectivity index (χ0) is 16.7. The number of hydrogen-bond donors (Lipinski definition) is 0. The van der Waals surface area contributed by atoms with Gasteiger partial charge in [0.2, 0.25) is 0 Å². The molecule has 0 radical (unpaired) electrons. The first kappa shape index (κ1) is 15.2. The Morgan fingerprint density at radius 3 is 2.61 bits per heavy atom. The van der Waals surface area contributed by atoms with Crippen molar-refractivity contribution in [3.63, 3.8) is 0 Å². The molecule has 0 fully saturated rings. The largest absolute Gasteiger partial charge is 0.573 e. The molecule has 11 heteroatoms. The predicted octanol–water partition coefficient (Wildman–Crippen LogP) is 1.96. The van der Waals surface area contributed by atoms with Crippen LogP contribution in [0.15, 0.2) is 48.0 Å². The van der Waals surface area contributed by atoms with Crippen LogP contribution < -0.4 is 4.74 Å². The van der Waals surface area contributed by atoms with E-state index < -0.39 is 27.0 Å². The van der Waals surface area contributed by atoms with E-state index in [-0.39, 0.29) is 11.2 Å². The van der Waals surface area contributed by atoms with Gasteiger partial charge in [-0.1, -0.05) is 12.1 Å². The second-order valence-corrected chi connectivity index (χ2v) is 6.05. The number of nitrogens with zero attached hydrogens (tertiary/aromatic N) is 4. The van der Waals surface area contributed by atoms with Crippen LogP contribution in [0, 0.1) is 0 Å². The molecule has 1 aromatic carbocycles. The van der Waals surface area contributed by atoms with Crippen molar-refractivity contribution < 1.29 is 26.3 Å². The number of ether oxygens (including phenoxy) is 1. The molecule has 0 unspecified atom stereocenters. The summed E-state index contributed by atoms with van der Waals surface area (Å²) >= 11 is 0. The highest BCUT2D eigenvalue weighted by Gasteiger charge is 2.34. The predicted molar refractivity (Wildman–Crippen MR) is 71.0 cm³/mol. The molecule has 3 aromatic rings. The summed E-state index contributed by atoms with van der Waals surface area (Å²) in [6.45, 7) is 0. The van der Waals surface area contributed by atoms with Gasteiger partial charge in [-0.05, 0) is 12.1 Å². The van der Waals surface area contributed by atoms with Crippen molar-refractivity contribution in [3.05, 3.63) is 43.1 Å². The lowest BCUT2D eigenvalue weighted by Gasteiger charge is -2.13. The highest BCUT2D eigenvalue weighted by atomic mass is 32.2. The Balaban J connectivity index is 2.18. The Kier molecular flexibility index (Phi) is 3.43. The van der Waals surface area contributed by atoms with Crippen molar-refractivity contribution in [2.24, 2.45) is 0 Å². The van der Waals surface area contributed by atoms with Gasteiger partial charge < -0.3 is 4.74 Å². The Labute approximate surface area is 127 Å². The second-order valence-electron chi connectivity index (χ2n) is 4.27. The van der Waals surface area contributed by atoms with Crippen LogP contribution in [-0.4, -0.2) is 33.7 Å². The molecule has 0 atom stereocenters. The average molecular weight is 344 g/mol. The fourth-order valence-electron chi connectivity index (χ4n) is 1.91. The molecule has 0 aliphatic heterocycles. The van der Waals surface area contributed by atoms with Crippen molar-refractivity contribution in [2.45, 2.75) is 11.3 Å². The Morgan fingerprint density at radius 1 is 1.13 bits per heavy atom. The molecule has 0 saturated heterocycles. The van der Waals surface area contributed by atoms with Gasteiger partial charge >= 0.3 is 6.36 Å². The molecule has 120 valence electrons. The number of benzene rings is 1. The maximum atomic E-state index is 12.6. The van der Waals surface area contributed by atoms with Gasteiger partial charge in [0.25, 0.3) is 10.0 Å². The molecule has 0 saturated carbocycles. The van der Waals surface area contributed by atoms with E-state index >= 15 is 0 Å². The van der Waals surface area contributed by atoms with Gasteiger partial charge in [-0.2, -0.15) is 0 Å². The van der Waals surface area contributed by atoms with Crippen LogP contribution in [0.25, 0.3) is 11.2 Å². The van der Waals surface area contributed by atoms with Gasteiger partial charge in [0.15, 0.2) is 5.65 Å². The molecule has 2 aromatic heterocycles. The molecule has 0 amide bonds. The van der Waals surface area contributed by atoms with Gasteiger partial charge in [-0.3, -0.25) is 0 Å². The average Bonchev–Trinajstić information content (AvgIpc) is 2.90. The molecule has 0 aliphatic carbocycles. The van der Waals surface area contributed by atoms with Gasteiger partial charge in [0, 0.05) is 0 Å². The molecule has 0 spiro atoms. The zero-order valence-corrected chi connectivity index (χ0v) is 11.9. The number of imidazole rings is 1. The number of halogens is 3. The van der Waals surface area contributed by atoms with Crippen LogP contribution in [0.2, 0.25) is 0 Å². The smallest absolute Gasteiger partial charge is 0.404 e. The summed E-state index contributed by atoms with van der Waals surface area (Å²) in [5.74, 6) is -0.835. The molecule has 3 rings (SSSR count). The minimum Gasteiger partial charge on any atom is -0.404 e. The topological polar surface area (TPSA) is 87.0 Å². The molecule has 2 heterocycles. The van der Waals surface area contributed by atoms with Gasteiger partial charge in [-0.15, -0.1) is 13.2 Å². The Bertz CT molecular complexity index is 969. The van der Waals surface area contributed by atoms with E-state index in [2.05, 4.69) is 19.7 Å². The van der Waals surface area contributed by atoms with Crippen molar-refractivity contribution in [3.8, 4) is 5.75 Å². The van der Waals surface area contributed by atoms with E-state index in [1.165, 1.54) is 24.7 Å². The van der Waals surface area contributed by atoms with E-state index in [9.17, 15) is 21.6 Å². The number of rotatable bonds is 3. The SMILES string of the molecule is O=S(=O)(c1ccccc1OC(F)(F)F)n1cnc2ncncc21. The first-order valence-electron chi connectivity index (χ1n) is 6.02. The quantitative estimate of drug-likeness (QED) is 0.722. The number of hydrogen-bond acceptors (Lipinski definition) is 6. The molecule has 23 heavy (non-hydrogen) atoms. The van der Waals surface area contributed by atoms with E-state index in [1.807, 2.05) is 0 Å². The fourth-order valence-corrected chi connectivity index (χ4v) is 3.30. The van der Waals surface area contributed by atoms with E-state index in [0.29, 0.717) is 3.97 Å². The fraction of sp³-hybridized carbons (Fsp3) is 0.0833. The van der Waals surface area contributed by atoms with Crippen LogP contribution in [0.3, 0.4) is 0 Å². The summed E-state index contributed by atoms with van der Waals surface area (Å²) in [7, 11) is -4.38. The molecule has 0 N–H and O–H groups in total. The Hall–Kier alpha value is -2.69. The lowest BCUT2D eigenvalue weighted by atomic mass is 10.3. The van der Waals surface area contributed by atoms with Crippen LogP contribution in [0.4, 0.5) is 13.2 Å². The van der Waals surface area contributed by atoms with Crippen LogP contribution in [0.5, 0.6) is 5.75 Å². The van der Waals surface area contributed by atoms with Gasteiger partial charge in [0.1, 0.15) is 28.8 Å².